The molecule has 4 aromatic rings. The second kappa shape index (κ2) is 8.74. The number of rotatable bonds is 6. The second-order valence-corrected chi connectivity index (χ2v) is 7.64. The van der Waals surface area contributed by atoms with E-state index in [2.05, 4.69) is 5.10 Å². The van der Waals surface area contributed by atoms with Gasteiger partial charge in [-0.15, -0.1) is 0 Å². The van der Waals surface area contributed by atoms with Gasteiger partial charge in [0.1, 0.15) is 5.75 Å². The highest BCUT2D eigenvalue weighted by Gasteiger charge is 2.21. The van der Waals surface area contributed by atoms with Crippen LogP contribution in [0.5, 0.6) is 5.75 Å². The average Bonchev–Trinajstić information content (AvgIpc) is 3.13. The molecule has 8 nitrogen and oxygen atoms in total. The Labute approximate surface area is 190 Å². The van der Waals surface area contributed by atoms with E-state index < -0.39 is 12.6 Å². The quantitative estimate of drug-likeness (QED) is 0.334. The van der Waals surface area contributed by atoms with E-state index in [0.29, 0.717) is 16.3 Å². The van der Waals surface area contributed by atoms with Crippen molar-refractivity contribution in [1.82, 2.24) is 14.3 Å². The van der Waals surface area contributed by atoms with Crippen LogP contribution in [-0.4, -0.2) is 39.8 Å². The molecular weight excluding hydrogens is 422 g/mol. The number of benzene rings is 2. The summed E-state index contributed by atoms with van der Waals surface area (Å²) in [5, 5.41) is 4.79. The number of Topliss-reactive ketones (excluding diaryl/α,β-unsaturated/α-hetero) is 1. The molecule has 0 aliphatic rings. The highest BCUT2D eigenvalue weighted by atomic mass is 16.5. The van der Waals surface area contributed by atoms with E-state index in [9.17, 15) is 14.4 Å². The lowest BCUT2D eigenvalue weighted by Gasteiger charge is -2.11. The molecule has 0 fully saturated rings. The minimum Gasteiger partial charge on any atom is -0.497 e. The molecule has 0 saturated carbocycles. The van der Waals surface area contributed by atoms with Gasteiger partial charge in [-0.25, -0.2) is 9.48 Å². The van der Waals surface area contributed by atoms with E-state index in [4.69, 9.17) is 9.47 Å². The normalized spacial score (nSPS) is 10.9. The summed E-state index contributed by atoms with van der Waals surface area (Å²) in [7, 11) is 3.07. The number of nitrogens with zero attached hydrogens (tertiary/aromatic N) is 3. The van der Waals surface area contributed by atoms with Crippen LogP contribution in [-0.2, 0) is 11.8 Å². The van der Waals surface area contributed by atoms with Crippen molar-refractivity contribution < 1.29 is 19.1 Å². The summed E-state index contributed by atoms with van der Waals surface area (Å²) in [6.45, 7) is 3.31. The SMILES string of the molecule is COc1ccc(-n2c(C)cc(C(=O)COC(=O)c3nn(C)c(=O)c4ccccc34)c2C)cc1. The Balaban J connectivity index is 1.57. The Kier molecular flexibility index (Phi) is 5.83. The maximum Gasteiger partial charge on any atom is 0.359 e. The molecule has 0 aliphatic carbocycles. The van der Waals surface area contributed by atoms with E-state index in [0.717, 1.165) is 27.5 Å². The molecule has 0 bridgehead atoms. The van der Waals surface area contributed by atoms with E-state index in [1.165, 1.54) is 7.05 Å². The highest BCUT2D eigenvalue weighted by molar-refractivity contribution is 6.04. The second-order valence-electron chi connectivity index (χ2n) is 7.64. The molecule has 4 rings (SSSR count). The van der Waals surface area contributed by atoms with Crippen LogP contribution in [0.25, 0.3) is 16.5 Å². The molecule has 0 atom stereocenters. The zero-order valence-corrected chi connectivity index (χ0v) is 18.8. The van der Waals surface area contributed by atoms with Crippen LogP contribution in [0.1, 0.15) is 32.2 Å². The molecule has 0 N–H and O–H groups in total. The zero-order chi connectivity index (χ0) is 23.7. The summed E-state index contributed by atoms with van der Waals surface area (Å²) in [6.07, 6.45) is 0. The maximum absolute atomic E-state index is 12.9. The van der Waals surface area contributed by atoms with Gasteiger partial charge in [-0.2, -0.15) is 5.10 Å². The molecule has 168 valence electrons. The first-order valence-electron chi connectivity index (χ1n) is 10.3. The third-order valence-electron chi connectivity index (χ3n) is 5.55. The summed E-state index contributed by atoms with van der Waals surface area (Å²) in [5.74, 6) is -0.353. The van der Waals surface area contributed by atoms with Crippen molar-refractivity contribution in [1.29, 1.82) is 0 Å². The third-order valence-corrected chi connectivity index (χ3v) is 5.55. The fraction of sp³-hybridized carbons (Fsp3) is 0.200. The van der Waals surface area contributed by atoms with Crippen molar-refractivity contribution in [2.45, 2.75) is 13.8 Å². The average molecular weight is 445 g/mol. The van der Waals surface area contributed by atoms with Crippen molar-refractivity contribution in [3.05, 3.63) is 87.6 Å². The molecule has 33 heavy (non-hydrogen) atoms. The highest BCUT2D eigenvalue weighted by Crippen LogP contribution is 2.23. The number of aromatic nitrogens is 3. The number of esters is 1. The first-order chi connectivity index (χ1) is 15.8. The van der Waals surface area contributed by atoms with Gasteiger partial charge in [0.2, 0.25) is 5.78 Å². The number of hydrogen-bond donors (Lipinski definition) is 0. The van der Waals surface area contributed by atoms with Crippen molar-refractivity contribution in [3.63, 3.8) is 0 Å². The van der Waals surface area contributed by atoms with E-state index in [-0.39, 0.29) is 17.0 Å². The van der Waals surface area contributed by atoms with E-state index in [1.54, 1.807) is 37.4 Å². The summed E-state index contributed by atoms with van der Waals surface area (Å²) in [6, 6.07) is 16.0. The van der Waals surface area contributed by atoms with Gasteiger partial charge >= 0.3 is 5.97 Å². The Bertz CT molecular complexity index is 1430. The van der Waals surface area contributed by atoms with E-state index >= 15 is 0 Å². The van der Waals surface area contributed by atoms with Gasteiger partial charge < -0.3 is 14.0 Å². The predicted molar refractivity (Wildman–Crippen MR) is 123 cm³/mol. The number of carbonyl (C=O) groups excluding carboxylic acids is 2. The first kappa shape index (κ1) is 22.0. The number of fused-ring (bicyclic) bond motifs is 1. The van der Waals surface area contributed by atoms with Crippen LogP contribution >= 0.6 is 0 Å². The standard InChI is InChI=1S/C25H23N3O5/c1-15-13-21(16(2)28(15)17-9-11-18(32-4)12-10-17)22(29)14-33-25(31)23-19-7-5-6-8-20(19)24(30)27(3)26-23/h5-13H,14H2,1-4H3. The van der Waals surface area contributed by atoms with Crippen LogP contribution in [0, 0.1) is 13.8 Å². The first-order valence-corrected chi connectivity index (χ1v) is 10.3. The smallest absolute Gasteiger partial charge is 0.359 e. The molecule has 0 spiro atoms. The van der Waals surface area contributed by atoms with Gasteiger partial charge in [0, 0.05) is 35.1 Å². The third kappa shape index (κ3) is 4.03. The molecule has 0 saturated heterocycles. The fourth-order valence-corrected chi connectivity index (χ4v) is 3.90. The number of aryl methyl sites for hydroxylation is 2. The molecule has 8 heteroatoms. The van der Waals surface area contributed by atoms with Gasteiger partial charge in [-0.1, -0.05) is 18.2 Å². The number of ether oxygens (including phenoxy) is 2. The van der Waals surface area contributed by atoms with Gasteiger partial charge in [0.25, 0.3) is 5.56 Å². The van der Waals surface area contributed by atoms with Crippen molar-refractivity contribution >= 4 is 22.5 Å². The monoisotopic (exact) mass is 445 g/mol. The zero-order valence-electron chi connectivity index (χ0n) is 18.8. The molecule has 0 unspecified atom stereocenters. The van der Waals surface area contributed by atoms with Crippen LogP contribution in [0.15, 0.2) is 59.4 Å². The Morgan fingerprint density at radius 1 is 1.00 bits per heavy atom. The summed E-state index contributed by atoms with van der Waals surface area (Å²) < 4.78 is 13.5. The van der Waals surface area contributed by atoms with Crippen molar-refractivity contribution in [2.75, 3.05) is 13.7 Å². The molecule has 0 aliphatic heterocycles. The summed E-state index contributed by atoms with van der Waals surface area (Å²) >= 11 is 0. The minimum absolute atomic E-state index is 0.00999. The summed E-state index contributed by atoms with van der Waals surface area (Å²) in [4.78, 5) is 37.9. The predicted octanol–water partition coefficient (Wildman–Crippen LogP) is 3.39. The Hall–Kier alpha value is -4.20. The van der Waals surface area contributed by atoms with Crippen molar-refractivity contribution in [3.8, 4) is 11.4 Å². The molecule has 2 aromatic heterocycles. The molecule has 0 radical (unpaired) electrons. The van der Waals surface area contributed by atoms with Crippen molar-refractivity contribution in [2.24, 2.45) is 7.05 Å². The topological polar surface area (TPSA) is 92.4 Å². The van der Waals surface area contributed by atoms with Crippen LogP contribution in [0.3, 0.4) is 0 Å². The summed E-state index contributed by atoms with van der Waals surface area (Å²) in [5.41, 5.74) is 2.65. The number of ketones is 1. The largest absolute Gasteiger partial charge is 0.497 e. The maximum atomic E-state index is 12.9. The van der Waals surface area contributed by atoms with Gasteiger partial charge in [-0.3, -0.25) is 9.59 Å². The van der Waals surface area contributed by atoms with Crippen LogP contribution < -0.4 is 10.3 Å². The minimum atomic E-state index is -0.765. The van der Waals surface area contributed by atoms with Crippen LogP contribution in [0.4, 0.5) is 0 Å². The number of hydrogen-bond acceptors (Lipinski definition) is 6. The van der Waals surface area contributed by atoms with Gasteiger partial charge in [-0.05, 0) is 50.2 Å². The Morgan fingerprint density at radius 3 is 2.33 bits per heavy atom. The lowest BCUT2D eigenvalue weighted by Crippen LogP contribution is -2.24. The molecular formula is C25H23N3O5. The molecule has 0 amide bonds. The van der Waals surface area contributed by atoms with Crippen LogP contribution in [0.2, 0.25) is 0 Å². The molecule has 2 aromatic carbocycles. The number of carbonyl (C=O) groups is 2. The Morgan fingerprint density at radius 2 is 1.67 bits per heavy atom. The fourth-order valence-electron chi connectivity index (χ4n) is 3.90. The number of methoxy groups -OCH3 is 1. The molecule has 2 heterocycles. The van der Waals surface area contributed by atoms with Gasteiger partial charge in [0.15, 0.2) is 12.3 Å². The van der Waals surface area contributed by atoms with E-state index in [1.807, 2.05) is 42.7 Å². The lowest BCUT2D eigenvalue weighted by atomic mass is 10.1. The lowest BCUT2D eigenvalue weighted by molar-refractivity contribution is 0.0468. The van der Waals surface area contributed by atoms with Gasteiger partial charge in [0.05, 0.1) is 12.5 Å².